The van der Waals surface area contributed by atoms with Crippen molar-refractivity contribution in [2.24, 2.45) is 11.8 Å². The predicted molar refractivity (Wildman–Crippen MR) is 76.3 cm³/mol. The van der Waals surface area contributed by atoms with Crippen LogP contribution in [-0.2, 0) is 10.3 Å². The molecule has 2 aliphatic rings. The molecular weight excluding hydrogens is 236 g/mol. The summed E-state index contributed by atoms with van der Waals surface area (Å²) in [5.74, 6) is 2.51. The minimum atomic E-state index is -0.316. The van der Waals surface area contributed by atoms with Gasteiger partial charge in [0.1, 0.15) is 5.75 Å². The highest BCUT2D eigenvalue weighted by Crippen LogP contribution is 2.56. The van der Waals surface area contributed by atoms with Gasteiger partial charge in [-0.2, -0.15) is 0 Å². The molecule has 2 aliphatic carbocycles. The topological polar surface area (TPSA) is 29.5 Å². The number of ether oxygens (including phenoxy) is 1. The number of hydrogen-bond donors (Lipinski definition) is 1. The van der Waals surface area contributed by atoms with Gasteiger partial charge in [0.15, 0.2) is 0 Å². The minimum absolute atomic E-state index is 0.316. The van der Waals surface area contributed by atoms with Crippen molar-refractivity contribution in [3.8, 4) is 5.75 Å². The van der Waals surface area contributed by atoms with E-state index in [0.717, 1.165) is 17.9 Å². The number of fused-ring (bicyclic) bond motifs is 1. The number of hydrogen-bond acceptors (Lipinski definition) is 2. The first kappa shape index (κ1) is 13.0. The lowest BCUT2D eigenvalue weighted by atomic mass is 9.84. The highest BCUT2D eigenvalue weighted by Gasteiger charge is 2.47. The van der Waals surface area contributed by atoms with Gasteiger partial charge in [-0.3, -0.25) is 0 Å². The molecule has 1 aromatic carbocycles. The van der Waals surface area contributed by atoms with Crippen LogP contribution in [0.4, 0.5) is 0 Å². The Hall–Kier alpha value is -1.02. The van der Waals surface area contributed by atoms with Crippen molar-refractivity contribution in [2.75, 3.05) is 6.61 Å². The lowest BCUT2D eigenvalue weighted by Crippen LogP contribution is -2.23. The molecule has 0 amide bonds. The molecule has 0 radical (unpaired) electrons. The highest BCUT2D eigenvalue weighted by atomic mass is 16.5. The summed E-state index contributed by atoms with van der Waals surface area (Å²) >= 11 is 0. The van der Waals surface area contributed by atoms with E-state index in [2.05, 4.69) is 19.9 Å². The van der Waals surface area contributed by atoms with Gasteiger partial charge in [0, 0.05) is 12.2 Å². The lowest BCUT2D eigenvalue weighted by Gasteiger charge is -2.27. The molecule has 2 nitrogen and oxygen atoms in total. The average molecular weight is 260 g/mol. The zero-order valence-corrected chi connectivity index (χ0v) is 12.1. The Morgan fingerprint density at radius 3 is 2.79 bits per heavy atom. The fourth-order valence-electron chi connectivity index (χ4n) is 3.94. The van der Waals surface area contributed by atoms with Crippen LogP contribution in [0, 0.1) is 11.8 Å². The van der Waals surface area contributed by atoms with Crippen LogP contribution >= 0.6 is 0 Å². The Morgan fingerprint density at radius 2 is 2.16 bits per heavy atom. The second-order valence-electron chi connectivity index (χ2n) is 6.41. The maximum Gasteiger partial charge on any atom is 0.121 e. The molecule has 3 atom stereocenters. The molecule has 1 fully saturated rings. The third-order valence-corrected chi connectivity index (χ3v) is 5.08. The molecule has 0 bridgehead atoms. The van der Waals surface area contributed by atoms with Crippen LogP contribution in [0.15, 0.2) is 18.2 Å². The van der Waals surface area contributed by atoms with Gasteiger partial charge in [-0.15, -0.1) is 0 Å². The second-order valence-corrected chi connectivity index (χ2v) is 6.41. The van der Waals surface area contributed by atoms with Crippen molar-refractivity contribution in [3.63, 3.8) is 0 Å². The average Bonchev–Trinajstić information content (AvgIpc) is 3.15. The Kier molecular flexibility index (Phi) is 3.09. The van der Waals surface area contributed by atoms with Crippen LogP contribution < -0.4 is 0 Å². The van der Waals surface area contributed by atoms with Crippen molar-refractivity contribution in [2.45, 2.75) is 51.6 Å². The van der Waals surface area contributed by atoms with E-state index in [1.54, 1.807) is 6.07 Å². The van der Waals surface area contributed by atoms with Gasteiger partial charge in [-0.1, -0.05) is 19.1 Å². The molecule has 1 aromatic rings. The number of phenolic OH excluding ortho intramolecular Hbond substituents is 1. The lowest BCUT2D eigenvalue weighted by molar-refractivity contribution is -0.0349. The van der Waals surface area contributed by atoms with Crippen LogP contribution in [0.5, 0.6) is 5.75 Å². The van der Waals surface area contributed by atoms with Gasteiger partial charge in [0.05, 0.1) is 5.60 Å². The first-order valence-corrected chi connectivity index (χ1v) is 7.53. The fraction of sp³-hybridized carbons (Fsp3) is 0.647. The summed E-state index contributed by atoms with van der Waals surface area (Å²) in [4.78, 5) is 0. The van der Waals surface area contributed by atoms with Crippen LogP contribution in [0.25, 0.3) is 0 Å². The molecular formula is C17H24O2. The molecule has 0 heterocycles. The quantitative estimate of drug-likeness (QED) is 0.880. The molecule has 0 saturated heterocycles. The number of rotatable bonds is 4. The van der Waals surface area contributed by atoms with Gasteiger partial charge in [0.25, 0.3) is 0 Å². The van der Waals surface area contributed by atoms with Gasteiger partial charge in [-0.05, 0) is 62.5 Å². The molecule has 0 aromatic heterocycles. The molecule has 104 valence electrons. The monoisotopic (exact) mass is 260 g/mol. The van der Waals surface area contributed by atoms with Gasteiger partial charge in [0.2, 0.25) is 0 Å². The third kappa shape index (κ3) is 2.06. The zero-order chi connectivity index (χ0) is 13.6. The van der Waals surface area contributed by atoms with Crippen molar-refractivity contribution < 1.29 is 9.84 Å². The van der Waals surface area contributed by atoms with E-state index in [1.807, 2.05) is 13.0 Å². The zero-order valence-electron chi connectivity index (χ0n) is 12.1. The van der Waals surface area contributed by atoms with Gasteiger partial charge in [-0.25, -0.2) is 0 Å². The van der Waals surface area contributed by atoms with E-state index in [-0.39, 0.29) is 5.60 Å². The van der Waals surface area contributed by atoms with Crippen LogP contribution in [0.2, 0.25) is 0 Å². The van der Waals surface area contributed by atoms with E-state index in [9.17, 15) is 5.11 Å². The molecule has 3 rings (SSSR count). The molecule has 3 unspecified atom stereocenters. The van der Waals surface area contributed by atoms with E-state index in [1.165, 1.54) is 18.4 Å². The molecule has 19 heavy (non-hydrogen) atoms. The number of benzene rings is 1. The standard InChI is InChI=1S/C17H24O2/c1-4-19-17(3)10-14(11(2)12-8-9-12)13-6-5-7-15(18)16(13)17/h5-7,11-12,14,18H,4,8-10H2,1-3H3. The van der Waals surface area contributed by atoms with E-state index in [4.69, 9.17) is 4.74 Å². The van der Waals surface area contributed by atoms with Crippen molar-refractivity contribution in [1.29, 1.82) is 0 Å². The molecule has 1 N–H and O–H groups in total. The summed E-state index contributed by atoms with van der Waals surface area (Å²) in [6.45, 7) is 7.22. The minimum Gasteiger partial charge on any atom is -0.508 e. The molecule has 0 aliphatic heterocycles. The summed E-state index contributed by atoms with van der Waals surface area (Å²) in [7, 11) is 0. The fourth-order valence-corrected chi connectivity index (χ4v) is 3.94. The largest absolute Gasteiger partial charge is 0.508 e. The smallest absolute Gasteiger partial charge is 0.121 e. The molecule has 1 saturated carbocycles. The Balaban J connectivity index is 2.02. The normalized spacial score (nSPS) is 31.2. The molecule has 0 spiro atoms. The maximum atomic E-state index is 10.3. The summed E-state index contributed by atoms with van der Waals surface area (Å²) in [5, 5.41) is 10.3. The molecule has 2 heteroatoms. The van der Waals surface area contributed by atoms with Crippen LogP contribution in [0.1, 0.15) is 57.1 Å². The van der Waals surface area contributed by atoms with Crippen molar-refractivity contribution >= 4 is 0 Å². The van der Waals surface area contributed by atoms with E-state index >= 15 is 0 Å². The Labute approximate surface area is 115 Å². The first-order valence-electron chi connectivity index (χ1n) is 7.53. The SMILES string of the molecule is CCOC1(C)CC(C(C)C2CC2)c2cccc(O)c21. The van der Waals surface area contributed by atoms with E-state index < -0.39 is 0 Å². The summed E-state index contributed by atoms with van der Waals surface area (Å²) in [5.41, 5.74) is 2.04. The van der Waals surface area contributed by atoms with Gasteiger partial charge >= 0.3 is 0 Å². The maximum absolute atomic E-state index is 10.3. The summed E-state index contributed by atoms with van der Waals surface area (Å²) in [6, 6.07) is 5.95. The number of aromatic hydroxyl groups is 1. The third-order valence-electron chi connectivity index (χ3n) is 5.08. The van der Waals surface area contributed by atoms with Crippen LogP contribution in [0.3, 0.4) is 0 Å². The van der Waals surface area contributed by atoms with Crippen LogP contribution in [-0.4, -0.2) is 11.7 Å². The summed E-state index contributed by atoms with van der Waals surface area (Å²) < 4.78 is 6.02. The van der Waals surface area contributed by atoms with Crippen molar-refractivity contribution in [1.82, 2.24) is 0 Å². The second kappa shape index (κ2) is 4.52. The summed E-state index contributed by atoms with van der Waals surface area (Å²) in [6.07, 6.45) is 3.75. The Bertz CT molecular complexity index is 478. The first-order chi connectivity index (χ1) is 9.07. The predicted octanol–water partition coefficient (Wildman–Crippen LogP) is 4.18. The highest BCUT2D eigenvalue weighted by molar-refractivity contribution is 5.49. The van der Waals surface area contributed by atoms with Crippen molar-refractivity contribution in [3.05, 3.63) is 29.3 Å². The number of phenols is 1. The van der Waals surface area contributed by atoms with Gasteiger partial charge < -0.3 is 9.84 Å². The van der Waals surface area contributed by atoms with E-state index in [0.29, 0.717) is 24.2 Å². The Morgan fingerprint density at radius 1 is 1.42 bits per heavy atom.